The van der Waals surface area contributed by atoms with Crippen LogP contribution in [0, 0.1) is 17.8 Å². The van der Waals surface area contributed by atoms with E-state index in [9.17, 15) is 4.79 Å². The second-order valence-electron chi connectivity index (χ2n) is 9.21. The van der Waals surface area contributed by atoms with Gasteiger partial charge in [-0.3, -0.25) is 9.48 Å². The van der Waals surface area contributed by atoms with E-state index in [2.05, 4.69) is 34.7 Å². The summed E-state index contributed by atoms with van der Waals surface area (Å²) in [5, 5.41) is 4.61. The fourth-order valence-corrected chi connectivity index (χ4v) is 4.68. The maximum absolute atomic E-state index is 12.2. The Labute approximate surface area is 159 Å². The molecule has 1 aliphatic heterocycles. The summed E-state index contributed by atoms with van der Waals surface area (Å²) in [7, 11) is 0. The zero-order valence-corrected chi connectivity index (χ0v) is 17.2. The Hall–Kier alpha value is -1.16. The predicted molar refractivity (Wildman–Crippen MR) is 106 cm³/mol. The Morgan fingerprint density at radius 1 is 1.08 bits per heavy atom. The number of carbonyl (C=O) groups excluding carboxylic acids is 1. The summed E-state index contributed by atoms with van der Waals surface area (Å²) in [6.45, 7) is 12.1. The molecule has 146 valence electrons. The minimum absolute atomic E-state index is 0.203. The molecule has 1 saturated carbocycles. The Balaban J connectivity index is 1.41. The van der Waals surface area contributed by atoms with E-state index in [0.29, 0.717) is 23.7 Å². The molecule has 0 unspecified atom stereocenters. The normalized spacial score (nSPS) is 25.9. The average Bonchev–Trinajstić information content (AvgIpc) is 3.13. The molecule has 0 aromatic carbocycles. The molecule has 0 atom stereocenters. The van der Waals surface area contributed by atoms with Gasteiger partial charge in [-0.05, 0) is 55.9 Å². The number of rotatable bonds is 6. The van der Waals surface area contributed by atoms with Crippen LogP contribution in [0.25, 0.3) is 0 Å². The number of carbonyl (C=O) groups is 1. The first-order valence-corrected chi connectivity index (χ1v) is 10.7. The molecule has 0 amide bonds. The van der Waals surface area contributed by atoms with Gasteiger partial charge >= 0.3 is 0 Å². The molecule has 2 heterocycles. The lowest BCUT2D eigenvalue weighted by molar-refractivity contribution is -0.127. The number of hydrogen-bond donors (Lipinski definition) is 0. The van der Waals surface area contributed by atoms with Crippen LogP contribution in [0.3, 0.4) is 0 Å². The van der Waals surface area contributed by atoms with Crippen LogP contribution in [0.1, 0.15) is 83.7 Å². The van der Waals surface area contributed by atoms with E-state index < -0.39 is 0 Å². The van der Waals surface area contributed by atoms with Gasteiger partial charge in [0.05, 0.1) is 12.2 Å². The molecule has 26 heavy (non-hydrogen) atoms. The maximum atomic E-state index is 12.2. The standard InChI is InChI=1S/C22H37N3O/c1-16(2)20-13-23-25(15-20)21-9-11-24(12-10-21)14-18-5-7-19(8-6-18)22(26)17(3)4/h13,15-19,21H,5-12,14H2,1-4H3/t18-,19+. The second-order valence-corrected chi connectivity index (χ2v) is 9.21. The van der Waals surface area contributed by atoms with Gasteiger partial charge in [-0.2, -0.15) is 5.10 Å². The van der Waals surface area contributed by atoms with E-state index in [1.165, 1.54) is 50.9 Å². The van der Waals surface area contributed by atoms with Crippen molar-refractivity contribution >= 4 is 5.78 Å². The number of ketones is 1. The van der Waals surface area contributed by atoms with E-state index in [1.54, 1.807) is 0 Å². The van der Waals surface area contributed by atoms with Crippen LogP contribution < -0.4 is 0 Å². The third kappa shape index (κ3) is 4.76. The van der Waals surface area contributed by atoms with Gasteiger partial charge in [-0.15, -0.1) is 0 Å². The van der Waals surface area contributed by atoms with E-state index in [0.717, 1.165) is 18.8 Å². The molecule has 4 heteroatoms. The van der Waals surface area contributed by atoms with Crippen LogP contribution >= 0.6 is 0 Å². The van der Waals surface area contributed by atoms with Gasteiger partial charge in [0.25, 0.3) is 0 Å². The fraction of sp³-hybridized carbons (Fsp3) is 0.818. The van der Waals surface area contributed by atoms with Gasteiger partial charge < -0.3 is 4.90 Å². The van der Waals surface area contributed by atoms with E-state index in [-0.39, 0.29) is 5.92 Å². The van der Waals surface area contributed by atoms with Crippen molar-refractivity contribution in [3.05, 3.63) is 18.0 Å². The number of Topliss-reactive ketones (excluding diaryl/α,β-unsaturated/α-hetero) is 1. The highest BCUT2D eigenvalue weighted by atomic mass is 16.1. The Morgan fingerprint density at radius 2 is 1.73 bits per heavy atom. The van der Waals surface area contributed by atoms with E-state index in [1.807, 2.05) is 20.0 Å². The molecule has 1 aliphatic carbocycles. The molecule has 3 rings (SSSR count). The summed E-state index contributed by atoms with van der Waals surface area (Å²) in [6, 6.07) is 0.568. The van der Waals surface area contributed by atoms with Crippen LogP contribution in [0.5, 0.6) is 0 Å². The van der Waals surface area contributed by atoms with Gasteiger partial charge in [0.2, 0.25) is 0 Å². The highest BCUT2D eigenvalue weighted by Crippen LogP contribution is 2.32. The van der Waals surface area contributed by atoms with Crippen LogP contribution in [0.4, 0.5) is 0 Å². The number of hydrogen-bond acceptors (Lipinski definition) is 3. The summed E-state index contributed by atoms with van der Waals surface area (Å²) in [5.41, 5.74) is 1.35. The molecular formula is C22H37N3O. The molecule has 0 radical (unpaired) electrons. The summed E-state index contributed by atoms with van der Waals surface area (Å²) >= 11 is 0. The molecular weight excluding hydrogens is 322 g/mol. The quantitative estimate of drug-likeness (QED) is 0.740. The maximum Gasteiger partial charge on any atom is 0.138 e. The van der Waals surface area contributed by atoms with Crippen molar-refractivity contribution in [3.63, 3.8) is 0 Å². The van der Waals surface area contributed by atoms with Crippen molar-refractivity contribution in [2.45, 2.75) is 78.2 Å². The lowest BCUT2D eigenvalue weighted by Crippen LogP contribution is -2.39. The average molecular weight is 360 g/mol. The predicted octanol–water partition coefficient (Wildman–Crippen LogP) is 4.67. The molecule has 1 saturated heterocycles. The first kappa shape index (κ1) is 19.6. The fourth-order valence-electron chi connectivity index (χ4n) is 4.68. The van der Waals surface area contributed by atoms with Crippen LogP contribution in [0.15, 0.2) is 12.4 Å². The molecule has 1 aromatic rings. The highest BCUT2D eigenvalue weighted by molar-refractivity contribution is 5.82. The smallest absolute Gasteiger partial charge is 0.138 e. The SMILES string of the molecule is CC(C)c1cnn(C2CCN(C[C@H]3CC[C@@H](C(=O)C(C)C)CC3)CC2)c1. The van der Waals surface area contributed by atoms with Gasteiger partial charge in [0, 0.05) is 37.7 Å². The molecule has 4 nitrogen and oxygen atoms in total. The lowest BCUT2D eigenvalue weighted by atomic mass is 9.77. The number of piperidine rings is 1. The zero-order chi connectivity index (χ0) is 18.7. The number of aromatic nitrogens is 2. The number of likely N-dealkylation sites (tertiary alicyclic amines) is 1. The van der Waals surface area contributed by atoms with Crippen molar-refractivity contribution in [1.29, 1.82) is 0 Å². The van der Waals surface area contributed by atoms with Crippen LogP contribution in [-0.2, 0) is 4.79 Å². The Kier molecular flexibility index (Phi) is 6.55. The summed E-state index contributed by atoms with van der Waals surface area (Å²) in [6.07, 6.45) is 11.4. The number of nitrogens with zero attached hydrogens (tertiary/aromatic N) is 3. The van der Waals surface area contributed by atoms with Gasteiger partial charge in [0.1, 0.15) is 5.78 Å². The van der Waals surface area contributed by atoms with Crippen molar-refractivity contribution < 1.29 is 4.79 Å². The minimum Gasteiger partial charge on any atom is -0.303 e. The van der Waals surface area contributed by atoms with E-state index in [4.69, 9.17) is 0 Å². The largest absolute Gasteiger partial charge is 0.303 e. The third-order valence-electron chi connectivity index (χ3n) is 6.55. The van der Waals surface area contributed by atoms with Crippen molar-refractivity contribution in [1.82, 2.24) is 14.7 Å². The van der Waals surface area contributed by atoms with E-state index >= 15 is 0 Å². The Morgan fingerprint density at radius 3 is 2.27 bits per heavy atom. The molecule has 2 aliphatic rings. The second kappa shape index (κ2) is 8.69. The zero-order valence-electron chi connectivity index (χ0n) is 17.2. The van der Waals surface area contributed by atoms with Gasteiger partial charge in [-0.25, -0.2) is 0 Å². The Bertz CT molecular complexity index is 576. The highest BCUT2D eigenvalue weighted by Gasteiger charge is 2.29. The lowest BCUT2D eigenvalue weighted by Gasteiger charge is -2.36. The first-order chi connectivity index (χ1) is 12.4. The minimum atomic E-state index is 0.203. The van der Waals surface area contributed by atoms with Gasteiger partial charge in [-0.1, -0.05) is 27.7 Å². The summed E-state index contributed by atoms with van der Waals surface area (Å²) in [4.78, 5) is 14.8. The van der Waals surface area contributed by atoms with Crippen molar-refractivity contribution in [2.24, 2.45) is 17.8 Å². The van der Waals surface area contributed by atoms with Crippen molar-refractivity contribution in [2.75, 3.05) is 19.6 Å². The van der Waals surface area contributed by atoms with Crippen LogP contribution in [-0.4, -0.2) is 40.1 Å². The van der Waals surface area contributed by atoms with Crippen molar-refractivity contribution in [3.8, 4) is 0 Å². The van der Waals surface area contributed by atoms with Gasteiger partial charge in [0.15, 0.2) is 0 Å². The topological polar surface area (TPSA) is 38.1 Å². The third-order valence-corrected chi connectivity index (χ3v) is 6.55. The molecule has 0 spiro atoms. The molecule has 0 N–H and O–H groups in total. The first-order valence-electron chi connectivity index (χ1n) is 10.7. The molecule has 1 aromatic heterocycles. The summed E-state index contributed by atoms with van der Waals surface area (Å²) in [5.74, 6) is 2.38. The summed E-state index contributed by atoms with van der Waals surface area (Å²) < 4.78 is 2.20. The monoisotopic (exact) mass is 359 g/mol. The molecule has 0 bridgehead atoms. The van der Waals surface area contributed by atoms with Crippen LogP contribution in [0.2, 0.25) is 0 Å². The molecule has 2 fully saturated rings.